The first-order valence-corrected chi connectivity index (χ1v) is 16.5. The number of carbonyl (C=O) groups is 1. The summed E-state index contributed by atoms with van der Waals surface area (Å²) in [6, 6.07) is 0. The number of hydrogen-bond acceptors (Lipinski definition) is 6. The molecule has 1 saturated heterocycles. The Kier molecular flexibility index (Phi) is 18.1. The predicted molar refractivity (Wildman–Crippen MR) is 163 cm³/mol. The molecular formula is C33H51F3N2O6. The highest BCUT2D eigenvalue weighted by Crippen LogP contribution is 2.32. The van der Waals surface area contributed by atoms with Gasteiger partial charge in [0, 0.05) is 19.0 Å². The second kappa shape index (κ2) is 21.2. The summed E-state index contributed by atoms with van der Waals surface area (Å²) in [5.74, 6) is 1.90. The number of alkyl halides is 3. The van der Waals surface area contributed by atoms with Crippen LogP contribution in [-0.4, -0.2) is 40.9 Å². The number of carbonyl (C=O) groups excluding carboxylic acids is 1. The van der Waals surface area contributed by atoms with Crippen LogP contribution in [0, 0.1) is 12.3 Å². The van der Waals surface area contributed by atoms with Crippen LogP contribution in [0.1, 0.15) is 141 Å². The van der Waals surface area contributed by atoms with E-state index in [0.29, 0.717) is 17.2 Å². The van der Waals surface area contributed by atoms with Crippen LogP contribution in [0.2, 0.25) is 0 Å². The number of aromatic amines is 1. The molecule has 0 saturated carbocycles. The number of halogens is 3. The molecule has 0 radical (unpaired) electrons. The first-order valence-electron chi connectivity index (χ1n) is 16.5. The first kappa shape index (κ1) is 37.6. The fourth-order valence-corrected chi connectivity index (χ4v) is 5.49. The van der Waals surface area contributed by atoms with E-state index in [1.807, 2.05) is 0 Å². The van der Waals surface area contributed by atoms with E-state index in [9.17, 15) is 27.6 Å². The number of unbranched alkanes of at least 4 members (excludes halogenated alkanes) is 16. The quantitative estimate of drug-likeness (QED) is 0.0768. The van der Waals surface area contributed by atoms with Gasteiger partial charge in [-0.2, -0.15) is 13.2 Å². The van der Waals surface area contributed by atoms with Crippen molar-refractivity contribution in [3.8, 4) is 12.3 Å². The maximum Gasteiger partial charge on any atom is 0.423 e. The molecule has 0 spiro atoms. The van der Waals surface area contributed by atoms with Gasteiger partial charge >= 0.3 is 17.8 Å². The van der Waals surface area contributed by atoms with E-state index in [1.165, 1.54) is 83.5 Å². The van der Waals surface area contributed by atoms with Crippen LogP contribution >= 0.6 is 0 Å². The van der Waals surface area contributed by atoms with Gasteiger partial charge in [0.2, 0.25) is 0 Å². The molecule has 0 aliphatic carbocycles. The van der Waals surface area contributed by atoms with Gasteiger partial charge in [-0.25, -0.2) is 4.79 Å². The SMILES string of the molecule is C#CCO[C@H]1C[C@H](n2cc(C(F)(F)F)c(=O)[nH]c2=O)O[C@@H]1COC(=O)CCCCCCCCCCCCCCCCCCC. The molecule has 1 aromatic heterocycles. The summed E-state index contributed by atoms with van der Waals surface area (Å²) in [5, 5.41) is 0. The number of nitrogens with one attached hydrogen (secondary N) is 1. The number of esters is 1. The Hall–Kier alpha value is -2.58. The first-order chi connectivity index (χ1) is 21.2. The number of aromatic nitrogens is 2. The number of terminal acetylenes is 1. The summed E-state index contributed by atoms with van der Waals surface area (Å²) in [5.41, 5.74) is -4.11. The van der Waals surface area contributed by atoms with Gasteiger partial charge in [0.15, 0.2) is 0 Å². The number of H-pyrrole nitrogens is 1. The van der Waals surface area contributed by atoms with Crippen molar-refractivity contribution in [2.24, 2.45) is 0 Å². The van der Waals surface area contributed by atoms with Crippen molar-refractivity contribution in [2.75, 3.05) is 13.2 Å². The molecule has 2 heterocycles. The minimum atomic E-state index is -4.96. The summed E-state index contributed by atoms with van der Waals surface area (Å²) in [7, 11) is 0. The van der Waals surface area contributed by atoms with Crippen LogP contribution < -0.4 is 11.2 Å². The van der Waals surface area contributed by atoms with Gasteiger partial charge in [-0.15, -0.1) is 6.42 Å². The third kappa shape index (κ3) is 14.5. The van der Waals surface area contributed by atoms with E-state index in [-0.39, 0.29) is 26.1 Å². The van der Waals surface area contributed by atoms with Crippen LogP contribution in [0.15, 0.2) is 15.8 Å². The lowest BCUT2D eigenvalue weighted by Gasteiger charge is -2.18. The summed E-state index contributed by atoms with van der Waals surface area (Å²) < 4.78 is 56.9. The van der Waals surface area contributed by atoms with E-state index in [4.69, 9.17) is 20.6 Å². The number of rotatable bonds is 23. The minimum absolute atomic E-state index is 0.0215. The molecule has 3 atom stereocenters. The van der Waals surface area contributed by atoms with Crippen LogP contribution in [0.5, 0.6) is 0 Å². The van der Waals surface area contributed by atoms with Crippen molar-refractivity contribution in [3.63, 3.8) is 0 Å². The lowest BCUT2D eigenvalue weighted by molar-refractivity contribution is -0.151. The van der Waals surface area contributed by atoms with Gasteiger partial charge in [-0.3, -0.25) is 19.1 Å². The van der Waals surface area contributed by atoms with Crippen LogP contribution in [-0.2, 0) is 25.2 Å². The van der Waals surface area contributed by atoms with Gasteiger partial charge in [0.1, 0.15) is 31.1 Å². The Morgan fingerprint density at radius 2 is 1.48 bits per heavy atom. The van der Waals surface area contributed by atoms with Crippen molar-refractivity contribution in [3.05, 3.63) is 32.6 Å². The number of hydrogen-bond donors (Lipinski definition) is 1. The molecule has 1 aromatic rings. The fourth-order valence-electron chi connectivity index (χ4n) is 5.49. The van der Waals surface area contributed by atoms with E-state index >= 15 is 0 Å². The molecule has 0 aromatic carbocycles. The van der Waals surface area contributed by atoms with Gasteiger partial charge in [-0.05, 0) is 6.42 Å². The second-order valence-electron chi connectivity index (χ2n) is 11.7. The maximum atomic E-state index is 13.2. The average molecular weight is 629 g/mol. The van der Waals surface area contributed by atoms with Crippen LogP contribution in [0.25, 0.3) is 0 Å². The van der Waals surface area contributed by atoms with Gasteiger partial charge in [-0.1, -0.05) is 116 Å². The summed E-state index contributed by atoms with van der Waals surface area (Å²) in [4.78, 5) is 37.8. The van der Waals surface area contributed by atoms with Crippen molar-refractivity contribution in [1.82, 2.24) is 9.55 Å². The molecule has 11 heteroatoms. The molecule has 1 aliphatic heterocycles. The third-order valence-corrected chi connectivity index (χ3v) is 8.04. The molecule has 1 N–H and O–H groups in total. The lowest BCUT2D eigenvalue weighted by Crippen LogP contribution is -2.36. The summed E-state index contributed by atoms with van der Waals surface area (Å²) >= 11 is 0. The Balaban J connectivity index is 1.60. The highest BCUT2D eigenvalue weighted by atomic mass is 19.4. The Bertz CT molecular complexity index is 1110. The van der Waals surface area contributed by atoms with Crippen LogP contribution in [0.4, 0.5) is 13.2 Å². The fraction of sp³-hybridized carbons (Fsp3) is 0.788. The molecule has 0 unspecified atom stereocenters. The predicted octanol–water partition coefficient (Wildman–Crippen LogP) is 7.45. The Morgan fingerprint density at radius 3 is 1.98 bits per heavy atom. The standard InChI is InChI=1S/C33H51F3N2O6/c1-3-5-6-7-8-9-10-11-12-13-14-15-16-17-18-19-20-21-30(39)43-25-28-27(42-22-4-2)23-29(44-28)38-24-26(33(34,35)36)31(40)37-32(38)41/h2,24,27-29H,3,5-23,25H2,1H3,(H,37,40,41)/t27-,28+,29+/m0/s1. The van der Waals surface area contributed by atoms with Crippen molar-refractivity contribution >= 4 is 5.97 Å². The molecule has 2 rings (SSSR count). The monoisotopic (exact) mass is 628 g/mol. The smallest absolute Gasteiger partial charge is 0.423 e. The minimum Gasteiger partial charge on any atom is -0.463 e. The van der Waals surface area contributed by atoms with E-state index in [0.717, 1.165) is 19.3 Å². The number of nitrogens with zero attached hydrogens (tertiary/aromatic N) is 1. The average Bonchev–Trinajstić information content (AvgIpc) is 3.38. The van der Waals surface area contributed by atoms with Crippen molar-refractivity contribution in [2.45, 2.75) is 154 Å². The van der Waals surface area contributed by atoms with Gasteiger partial charge < -0.3 is 14.2 Å². The maximum absolute atomic E-state index is 13.2. The molecule has 0 bridgehead atoms. The van der Waals surface area contributed by atoms with E-state index < -0.39 is 47.4 Å². The zero-order valence-electron chi connectivity index (χ0n) is 26.3. The molecule has 8 nitrogen and oxygen atoms in total. The summed E-state index contributed by atoms with van der Waals surface area (Å²) in [6.07, 6.45) is 19.4. The van der Waals surface area contributed by atoms with Gasteiger partial charge in [0.05, 0.1) is 6.10 Å². The zero-order chi connectivity index (χ0) is 32.2. The Labute approximate surface area is 259 Å². The van der Waals surface area contributed by atoms with Crippen molar-refractivity contribution < 1.29 is 32.2 Å². The topological polar surface area (TPSA) is 99.6 Å². The summed E-state index contributed by atoms with van der Waals surface area (Å²) in [6.45, 7) is 1.95. The van der Waals surface area contributed by atoms with Crippen LogP contribution in [0.3, 0.4) is 0 Å². The zero-order valence-corrected chi connectivity index (χ0v) is 26.3. The second-order valence-corrected chi connectivity index (χ2v) is 11.7. The number of ether oxygens (including phenoxy) is 3. The normalized spacial score (nSPS) is 18.4. The Morgan fingerprint density at radius 1 is 0.955 bits per heavy atom. The molecule has 44 heavy (non-hydrogen) atoms. The third-order valence-electron chi connectivity index (χ3n) is 8.04. The lowest BCUT2D eigenvalue weighted by atomic mass is 10.0. The highest BCUT2D eigenvalue weighted by molar-refractivity contribution is 5.69. The van der Waals surface area contributed by atoms with Crippen molar-refractivity contribution in [1.29, 1.82) is 0 Å². The highest BCUT2D eigenvalue weighted by Gasteiger charge is 2.40. The molecule has 1 fully saturated rings. The van der Waals surface area contributed by atoms with E-state index in [2.05, 4.69) is 12.8 Å². The van der Waals surface area contributed by atoms with E-state index in [1.54, 1.807) is 4.98 Å². The molecule has 0 amide bonds. The molecule has 1 aliphatic rings. The molecule has 250 valence electrons. The largest absolute Gasteiger partial charge is 0.463 e. The molecular weight excluding hydrogens is 577 g/mol. The van der Waals surface area contributed by atoms with Gasteiger partial charge in [0.25, 0.3) is 5.56 Å².